The minimum atomic E-state index is -0.206. The van der Waals surface area contributed by atoms with Crippen LogP contribution in [0.25, 0.3) is 0 Å². The first-order valence-electron chi connectivity index (χ1n) is 8.23. The van der Waals surface area contributed by atoms with Crippen LogP contribution in [-0.4, -0.2) is 68.7 Å². The summed E-state index contributed by atoms with van der Waals surface area (Å²) >= 11 is 0. The topological polar surface area (TPSA) is 40.1 Å². The van der Waals surface area contributed by atoms with Crippen LogP contribution in [0.5, 0.6) is 0 Å². The monoisotopic (exact) mass is 450 g/mol. The number of guanidine groups is 1. The van der Waals surface area contributed by atoms with Gasteiger partial charge < -0.3 is 15.0 Å². The highest BCUT2D eigenvalue weighted by molar-refractivity contribution is 14.0. The number of hydrogen-bond acceptors (Lipinski definition) is 3. The van der Waals surface area contributed by atoms with Crippen LogP contribution < -0.4 is 5.32 Å². The van der Waals surface area contributed by atoms with Gasteiger partial charge in [-0.05, 0) is 24.6 Å². The van der Waals surface area contributed by atoms with Crippen LogP contribution in [-0.2, 0) is 11.3 Å². The number of hydrogen-bond donors (Lipinski definition) is 1. The molecule has 1 aliphatic rings. The lowest BCUT2D eigenvalue weighted by Gasteiger charge is -2.26. The number of aliphatic imine (C=N–C) groups is 1. The summed E-state index contributed by atoms with van der Waals surface area (Å²) in [5, 5.41) is 3.31. The standard InChI is InChI=1S/C17H27FN4O.HI/c1-3-19-17(20-8-9-22-10-12-23-13-11-22)21(2)14-15-4-6-16(18)7-5-15;/h4-7H,3,8-14H2,1-2H3,(H,19,20);1H. The minimum Gasteiger partial charge on any atom is -0.379 e. The highest BCUT2D eigenvalue weighted by atomic mass is 127. The van der Waals surface area contributed by atoms with Gasteiger partial charge in [0.15, 0.2) is 5.96 Å². The van der Waals surface area contributed by atoms with Gasteiger partial charge in [0.25, 0.3) is 0 Å². The predicted octanol–water partition coefficient (Wildman–Crippen LogP) is 2.17. The van der Waals surface area contributed by atoms with Crippen molar-refractivity contribution < 1.29 is 9.13 Å². The van der Waals surface area contributed by atoms with Crippen molar-refractivity contribution >= 4 is 29.9 Å². The van der Waals surface area contributed by atoms with E-state index in [0.717, 1.165) is 57.5 Å². The largest absolute Gasteiger partial charge is 0.379 e. The minimum absolute atomic E-state index is 0. The summed E-state index contributed by atoms with van der Waals surface area (Å²) in [6, 6.07) is 6.60. The summed E-state index contributed by atoms with van der Waals surface area (Å²) < 4.78 is 18.3. The molecule has 1 aromatic carbocycles. The van der Waals surface area contributed by atoms with Crippen molar-refractivity contribution in [1.82, 2.24) is 15.1 Å². The zero-order valence-electron chi connectivity index (χ0n) is 14.5. The number of nitrogens with zero attached hydrogens (tertiary/aromatic N) is 3. The molecule has 1 aliphatic heterocycles. The molecule has 1 aromatic rings. The summed E-state index contributed by atoms with van der Waals surface area (Å²) in [7, 11) is 2.00. The molecule has 0 bridgehead atoms. The molecule has 0 aromatic heterocycles. The molecule has 0 unspecified atom stereocenters. The lowest BCUT2D eigenvalue weighted by atomic mass is 10.2. The third-order valence-corrected chi connectivity index (χ3v) is 3.81. The van der Waals surface area contributed by atoms with Crippen LogP contribution in [0.4, 0.5) is 4.39 Å². The van der Waals surface area contributed by atoms with E-state index < -0.39 is 0 Å². The molecular formula is C17H28FIN4O. The van der Waals surface area contributed by atoms with E-state index in [1.807, 2.05) is 19.2 Å². The van der Waals surface area contributed by atoms with Crippen molar-refractivity contribution in [3.05, 3.63) is 35.6 Å². The van der Waals surface area contributed by atoms with E-state index in [2.05, 4.69) is 22.0 Å². The average Bonchev–Trinajstić information content (AvgIpc) is 2.57. The molecule has 5 nitrogen and oxygen atoms in total. The fourth-order valence-corrected chi connectivity index (χ4v) is 2.53. The second-order valence-electron chi connectivity index (χ2n) is 5.67. The lowest BCUT2D eigenvalue weighted by molar-refractivity contribution is 0.0394. The Hall–Kier alpha value is -0.930. The maximum atomic E-state index is 13.0. The molecule has 1 saturated heterocycles. The maximum absolute atomic E-state index is 13.0. The van der Waals surface area contributed by atoms with Gasteiger partial charge in [-0.1, -0.05) is 12.1 Å². The van der Waals surface area contributed by atoms with Crippen LogP contribution in [0.1, 0.15) is 12.5 Å². The van der Waals surface area contributed by atoms with Crippen molar-refractivity contribution in [2.75, 3.05) is 53.0 Å². The lowest BCUT2D eigenvalue weighted by Crippen LogP contribution is -2.40. The van der Waals surface area contributed by atoms with Gasteiger partial charge in [0.05, 0.1) is 19.8 Å². The summed E-state index contributed by atoms with van der Waals surface area (Å²) in [5.74, 6) is 0.674. The van der Waals surface area contributed by atoms with Crippen LogP contribution in [0.3, 0.4) is 0 Å². The fourth-order valence-electron chi connectivity index (χ4n) is 2.53. The van der Waals surface area contributed by atoms with Gasteiger partial charge in [-0.3, -0.25) is 9.89 Å². The van der Waals surface area contributed by atoms with Gasteiger partial charge in [-0.15, -0.1) is 24.0 Å². The van der Waals surface area contributed by atoms with Crippen LogP contribution in [0.15, 0.2) is 29.3 Å². The smallest absolute Gasteiger partial charge is 0.194 e. The molecule has 0 amide bonds. The van der Waals surface area contributed by atoms with Crippen molar-refractivity contribution in [3.8, 4) is 0 Å². The molecule has 1 fully saturated rings. The molecule has 2 rings (SSSR count). The van der Waals surface area contributed by atoms with Gasteiger partial charge in [-0.2, -0.15) is 0 Å². The first-order valence-corrected chi connectivity index (χ1v) is 8.23. The van der Waals surface area contributed by atoms with Gasteiger partial charge in [0, 0.05) is 39.8 Å². The van der Waals surface area contributed by atoms with E-state index in [1.165, 1.54) is 12.1 Å². The molecule has 7 heteroatoms. The van der Waals surface area contributed by atoms with Gasteiger partial charge in [0.1, 0.15) is 5.82 Å². The molecule has 0 spiro atoms. The van der Waals surface area contributed by atoms with Crippen molar-refractivity contribution in [3.63, 3.8) is 0 Å². The second-order valence-corrected chi connectivity index (χ2v) is 5.67. The van der Waals surface area contributed by atoms with Crippen molar-refractivity contribution in [2.24, 2.45) is 4.99 Å². The Morgan fingerprint density at radius 2 is 1.96 bits per heavy atom. The SMILES string of the molecule is CCNC(=NCCN1CCOCC1)N(C)Cc1ccc(F)cc1.I. The quantitative estimate of drug-likeness (QED) is 0.410. The van der Waals surface area contributed by atoms with E-state index in [0.29, 0.717) is 6.54 Å². The average molecular weight is 450 g/mol. The summed E-state index contributed by atoms with van der Waals surface area (Å²) in [6.07, 6.45) is 0. The Morgan fingerprint density at radius 1 is 1.29 bits per heavy atom. The number of benzene rings is 1. The molecule has 0 saturated carbocycles. The van der Waals surface area contributed by atoms with E-state index in [4.69, 9.17) is 9.73 Å². The first kappa shape index (κ1) is 21.1. The summed E-state index contributed by atoms with van der Waals surface area (Å²) in [4.78, 5) is 9.13. The molecule has 136 valence electrons. The molecule has 0 radical (unpaired) electrons. The van der Waals surface area contributed by atoms with E-state index in [1.54, 1.807) is 0 Å². The molecule has 24 heavy (non-hydrogen) atoms. The Balaban J connectivity index is 0.00000288. The zero-order chi connectivity index (χ0) is 16.5. The van der Waals surface area contributed by atoms with Gasteiger partial charge in [-0.25, -0.2) is 4.39 Å². The Morgan fingerprint density at radius 3 is 2.58 bits per heavy atom. The molecule has 0 atom stereocenters. The van der Waals surface area contributed by atoms with E-state index >= 15 is 0 Å². The number of rotatable bonds is 6. The highest BCUT2D eigenvalue weighted by Gasteiger charge is 2.10. The van der Waals surface area contributed by atoms with Crippen LogP contribution in [0, 0.1) is 5.82 Å². The molecular weight excluding hydrogens is 422 g/mol. The van der Waals surface area contributed by atoms with Crippen molar-refractivity contribution in [2.45, 2.75) is 13.5 Å². The Bertz CT molecular complexity index is 492. The number of nitrogens with one attached hydrogen (secondary N) is 1. The Kier molecular flexibility index (Phi) is 10.2. The fraction of sp³-hybridized carbons (Fsp3) is 0.588. The normalized spacial score (nSPS) is 15.7. The first-order chi connectivity index (χ1) is 11.2. The third kappa shape index (κ3) is 7.31. The summed E-state index contributed by atoms with van der Waals surface area (Å²) in [5.41, 5.74) is 1.06. The van der Waals surface area contributed by atoms with Gasteiger partial charge in [0.2, 0.25) is 0 Å². The third-order valence-electron chi connectivity index (χ3n) is 3.81. The van der Waals surface area contributed by atoms with Crippen molar-refractivity contribution in [1.29, 1.82) is 0 Å². The Labute approximate surface area is 161 Å². The predicted molar refractivity (Wildman–Crippen MR) is 107 cm³/mol. The maximum Gasteiger partial charge on any atom is 0.194 e. The van der Waals surface area contributed by atoms with Crippen LogP contribution in [0.2, 0.25) is 0 Å². The van der Waals surface area contributed by atoms with Gasteiger partial charge >= 0.3 is 0 Å². The molecule has 0 aliphatic carbocycles. The van der Waals surface area contributed by atoms with Crippen LogP contribution >= 0.6 is 24.0 Å². The zero-order valence-corrected chi connectivity index (χ0v) is 16.8. The second kappa shape index (κ2) is 11.6. The number of morpholine rings is 1. The molecule has 1 N–H and O–H groups in total. The summed E-state index contributed by atoms with van der Waals surface area (Å²) in [6.45, 7) is 8.88. The molecule has 1 heterocycles. The van der Waals surface area contributed by atoms with E-state index in [-0.39, 0.29) is 29.8 Å². The highest BCUT2D eigenvalue weighted by Crippen LogP contribution is 2.06. The van der Waals surface area contributed by atoms with E-state index in [9.17, 15) is 4.39 Å². The number of halogens is 2. The number of ether oxygens (including phenoxy) is 1.